The van der Waals surface area contributed by atoms with E-state index in [9.17, 15) is 5.11 Å². The molecule has 0 saturated carbocycles. The van der Waals surface area contributed by atoms with E-state index in [1.165, 1.54) is 5.56 Å². The van der Waals surface area contributed by atoms with E-state index >= 15 is 0 Å². The summed E-state index contributed by atoms with van der Waals surface area (Å²) in [6.07, 6.45) is 1.64. The van der Waals surface area contributed by atoms with Gasteiger partial charge in [0.05, 0.1) is 0 Å². The molecule has 0 aliphatic carbocycles. The molecule has 0 fully saturated rings. The largest absolute Gasteiger partial charge is 0.396 e. The lowest BCUT2D eigenvalue weighted by Crippen LogP contribution is -2.13. The molecule has 0 bridgehead atoms. The first-order chi connectivity index (χ1) is 9.19. The summed E-state index contributed by atoms with van der Waals surface area (Å²) in [5.74, 6) is 0.189. The van der Waals surface area contributed by atoms with Crippen molar-refractivity contribution in [3.8, 4) is 0 Å². The molecule has 2 rings (SSSR count). The van der Waals surface area contributed by atoms with Crippen LogP contribution in [0.1, 0.15) is 11.1 Å². The van der Waals surface area contributed by atoms with Gasteiger partial charge in [-0.15, -0.1) is 0 Å². The summed E-state index contributed by atoms with van der Waals surface area (Å²) in [6.45, 7) is 0.164. The molecule has 0 saturated heterocycles. The van der Waals surface area contributed by atoms with Crippen molar-refractivity contribution in [3.05, 3.63) is 69.2 Å². The van der Waals surface area contributed by atoms with E-state index in [4.69, 9.17) is 11.6 Å². The van der Waals surface area contributed by atoms with Gasteiger partial charge in [0.25, 0.3) is 0 Å². The molecule has 0 aliphatic heterocycles. The lowest BCUT2D eigenvalue weighted by atomic mass is 9.93. The number of rotatable bonds is 5. The molecule has 19 heavy (non-hydrogen) atoms. The SMILES string of the molecule is OCC(Cc1cccc(Br)c1)Cc1ccccc1Cl. The molecule has 0 heterocycles. The maximum Gasteiger partial charge on any atom is 0.0465 e. The van der Waals surface area contributed by atoms with Crippen LogP contribution >= 0.6 is 27.5 Å². The third kappa shape index (κ3) is 4.34. The molecule has 1 nitrogen and oxygen atoms in total. The van der Waals surface area contributed by atoms with E-state index in [1.807, 2.05) is 36.4 Å². The first kappa shape index (κ1) is 14.6. The molecule has 2 aromatic carbocycles. The topological polar surface area (TPSA) is 20.2 Å². The highest BCUT2D eigenvalue weighted by atomic mass is 79.9. The second-order valence-corrected chi connectivity index (χ2v) is 6.00. The molecule has 0 amide bonds. The van der Waals surface area contributed by atoms with E-state index in [0.29, 0.717) is 0 Å². The number of benzene rings is 2. The zero-order valence-electron chi connectivity index (χ0n) is 10.5. The van der Waals surface area contributed by atoms with Crippen molar-refractivity contribution < 1.29 is 5.11 Å². The molecule has 2 aromatic rings. The van der Waals surface area contributed by atoms with Gasteiger partial charge >= 0.3 is 0 Å². The summed E-state index contributed by atoms with van der Waals surface area (Å²) in [6, 6.07) is 16.0. The van der Waals surface area contributed by atoms with Gasteiger partial charge in [0.1, 0.15) is 0 Å². The van der Waals surface area contributed by atoms with Crippen LogP contribution in [0.4, 0.5) is 0 Å². The Hall–Kier alpha value is -0.830. The third-order valence-electron chi connectivity index (χ3n) is 3.14. The zero-order valence-corrected chi connectivity index (χ0v) is 12.9. The van der Waals surface area contributed by atoms with E-state index in [2.05, 4.69) is 28.1 Å². The van der Waals surface area contributed by atoms with Crippen LogP contribution in [0.15, 0.2) is 53.0 Å². The Balaban J connectivity index is 2.07. The Labute approximate surface area is 127 Å². The van der Waals surface area contributed by atoms with Crippen LogP contribution < -0.4 is 0 Å². The van der Waals surface area contributed by atoms with Crippen molar-refractivity contribution in [2.75, 3.05) is 6.61 Å². The fourth-order valence-corrected chi connectivity index (χ4v) is 2.83. The molecule has 0 radical (unpaired) electrons. The highest BCUT2D eigenvalue weighted by Gasteiger charge is 2.11. The van der Waals surface area contributed by atoms with Crippen molar-refractivity contribution in [1.82, 2.24) is 0 Å². The Morgan fingerprint density at radius 3 is 2.53 bits per heavy atom. The maximum absolute atomic E-state index is 9.55. The first-order valence-electron chi connectivity index (χ1n) is 6.27. The highest BCUT2D eigenvalue weighted by Crippen LogP contribution is 2.22. The van der Waals surface area contributed by atoms with Gasteiger partial charge < -0.3 is 5.11 Å². The number of aliphatic hydroxyl groups is 1. The molecule has 1 N–H and O–H groups in total. The van der Waals surface area contributed by atoms with E-state index in [0.717, 1.165) is 27.9 Å². The number of hydrogen-bond donors (Lipinski definition) is 1. The molecule has 0 aliphatic rings. The quantitative estimate of drug-likeness (QED) is 0.850. The van der Waals surface area contributed by atoms with Gasteiger partial charge in [-0.2, -0.15) is 0 Å². The van der Waals surface area contributed by atoms with Crippen molar-refractivity contribution >= 4 is 27.5 Å². The number of aliphatic hydroxyl groups excluding tert-OH is 1. The van der Waals surface area contributed by atoms with Crippen LogP contribution in [0.3, 0.4) is 0 Å². The smallest absolute Gasteiger partial charge is 0.0465 e. The molecule has 0 aromatic heterocycles. The van der Waals surface area contributed by atoms with Crippen LogP contribution in [-0.4, -0.2) is 11.7 Å². The summed E-state index contributed by atoms with van der Waals surface area (Å²) in [5, 5.41) is 10.3. The monoisotopic (exact) mass is 338 g/mol. The fraction of sp³-hybridized carbons (Fsp3) is 0.250. The average Bonchev–Trinajstić information content (AvgIpc) is 2.40. The Kier molecular flexibility index (Phi) is 5.44. The van der Waals surface area contributed by atoms with Gasteiger partial charge in [-0.1, -0.05) is 57.9 Å². The van der Waals surface area contributed by atoms with Crippen LogP contribution in [-0.2, 0) is 12.8 Å². The minimum Gasteiger partial charge on any atom is -0.396 e. The van der Waals surface area contributed by atoms with Crippen molar-refractivity contribution in [2.24, 2.45) is 5.92 Å². The maximum atomic E-state index is 9.55. The lowest BCUT2D eigenvalue weighted by Gasteiger charge is -2.15. The highest BCUT2D eigenvalue weighted by molar-refractivity contribution is 9.10. The molecule has 1 atom stereocenters. The molecule has 3 heteroatoms. The summed E-state index contributed by atoms with van der Waals surface area (Å²) < 4.78 is 1.07. The zero-order chi connectivity index (χ0) is 13.7. The molecule has 100 valence electrons. The Morgan fingerprint density at radius 2 is 1.84 bits per heavy atom. The van der Waals surface area contributed by atoms with Crippen LogP contribution in [0.2, 0.25) is 5.02 Å². The van der Waals surface area contributed by atoms with Gasteiger partial charge in [-0.3, -0.25) is 0 Å². The van der Waals surface area contributed by atoms with Crippen LogP contribution in [0.5, 0.6) is 0 Å². The average molecular weight is 340 g/mol. The van der Waals surface area contributed by atoms with Gasteiger partial charge in [-0.05, 0) is 48.1 Å². The summed E-state index contributed by atoms with van der Waals surface area (Å²) >= 11 is 9.63. The second kappa shape index (κ2) is 7.09. The van der Waals surface area contributed by atoms with Crippen molar-refractivity contribution in [1.29, 1.82) is 0 Å². The van der Waals surface area contributed by atoms with Crippen molar-refractivity contribution in [2.45, 2.75) is 12.8 Å². The second-order valence-electron chi connectivity index (χ2n) is 4.68. The molecular formula is C16H16BrClO. The van der Waals surface area contributed by atoms with Gasteiger partial charge in [0, 0.05) is 16.1 Å². The van der Waals surface area contributed by atoms with E-state index in [-0.39, 0.29) is 12.5 Å². The number of hydrogen-bond acceptors (Lipinski definition) is 1. The molecular weight excluding hydrogens is 324 g/mol. The summed E-state index contributed by atoms with van der Waals surface area (Å²) in [7, 11) is 0. The lowest BCUT2D eigenvalue weighted by molar-refractivity contribution is 0.225. The fourth-order valence-electron chi connectivity index (χ4n) is 2.17. The first-order valence-corrected chi connectivity index (χ1v) is 7.45. The van der Waals surface area contributed by atoms with Gasteiger partial charge in [0.2, 0.25) is 0 Å². The minimum absolute atomic E-state index is 0.164. The molecule has 0 spiro atoms. The summed E-state index contributed by atoms with van der Waals surface area (Å²) in [5.41, 5.74) is 2.32. The van der Waals surface area contributed by atoms with Crippen molar-refractivity contribution in [3.63, 3.8) is 0 Å². The van der Waals surface area contributed by atoms with Crippen LogP contribution in [0, 0.1) is 5.92 Å². The third-order valence-corrected chi connectivity index (χ3v) is 4.00. The Bertz CT molecular complexity index is 542. The minimum atomic E-state index is 0.164. The van der Waals surface area contributed by atoms with Gasteiger partial charge in [-0.25, -0.2) is 0 Å². The van der Waals surface area contributed by atoms with Gasteiger partial charge in [0.15, 0.2) is 0 Å². The van der Waals surface area contributed by atoms with E-state index in [1.54, 1.807) is 0 Å². The predicted octanol–water partition coefficient (Wildman–Crippen LogP) is 4.50. The molecule has 1 unspecified atom stereocenters. The Morgan fingerprint density at radius 1 is 1.05 bits per heavy atom. The predicted molar refractivity (Wildman–Crippen MR) is 83.6 cm³/mol. The van der Waals surface area contributed by atoms with Crippen LogP contribution in [0.25, 0.3) is 0 Å². The summed E-state index contributed by atoms with van der Waals surface area (Å²) in [4.78, 5) is 0. The number of halogens is 2. The van der Waals surface area contributed by atoms with E-state index < -0.39 is 0 Å². The normalized spacial score (nSPS) is 12.4. The standard InChI is InChI=1S/C16H16BrClO/c17-15-6-3-4-12(10-15)8-13(11-19)9-14-5-1-2-7-16(14)18/h1-7,10,13,19H,8-9,11H2.